The van der Waals surface area contributed by atoms with Crippen LogP contribution in [0.15, 0.2) is 60.8 Å². The van der Waals surface area contributed by atoms with E-state index in [-0.39, 0.29) is 52.9 Å². The number of carbonyl (C=O) groups excluding carboxylic acids is 3. The number of methoxy groups -OCH3 is 1. The lowest BCUT2D eigenvalue weighted by Crippen LogP contribution is -2.28. The lowest BCUT2D eigenvalue weighted by Gasteiger charge is -2.14. The molecular weight excluding hydrogens is 520 g/mol. The van der Waals surface area contributed by atoms with Gasteiger partial charge in [0.05, 0.1) is 18.0 Å². The van der Waals surface area contributed by atoms with Crippen LogP contribution in [0.1, 0.15) is 34.5 Å². The van der Waals surface area contributed by atoms with Gasteiger partial charge in [-0.3, -0.25) is 19.4 Å². The van der Waals surface area contributed by atoms with Gasteiger partial charge in [0.2, 0.25) is 0 Å². The van der Waals surface area contributed by atoms with E-state index in [1.807, 2.05) is 0 Å². The molecule has 1 saturated carbocycles. The molecule has 0 unspecified atom stereocenters. The molecule has 8 nitrogen and oxygen atoms in total. The molecular formula is C30H25F2N3O5. The van der Waals surface area contributed by atoms with Crippen LogP contribution in [0.25, 0.3) is 11.0 Å². The molecule has 4 aromatic rings. The molecule has 0 aliphatic heterocycles. The number of nitrogens with one attached hydrogen (secondary N) is 1. The Kier molecular flexibility index (Phi) is 7.25. The molecule has 0 radical (unpaired) electrons. The largest absolute Gasteiger partial charge is 0.494 e. The van der Waals surface area contributed by atoms with Gasteiger partial charge in [-0.2, -0.15) is 0 Å². The molecule has 0 spiro atoms. The SMILES string of the molecule is CNC(=O)c1nc2c(Oc3ccc(CC(=O)C4(C(=O)Cc5ccc(F)cc5)CC4)cc3F)ccnc2cc1OC. The van der Waals surface area contributed by atoms with Gasteiger partial charge in [-0.15, -0.1) is 0 Å². The van der Waals surface area contributed by atoms with Crippen molar-refractivity contribution >= 4 is 28.5 Å². The van der Waals surface area contributed by atoms with Crippen molar-refractivity contribution in [1.82, 2.24) is 15.3 Å². The van der Waals surface area contributed by atoms with Gasteiger partial charge in [0.25, 0.3) is 5.91 Å². The first-order chi connectivity index (χ1) is 19.2. The fourth-order valence-corrected chi connectivity index (χ4v) is 4.55. The first-order valence-electron chi connectivity index (χ1n) is 12.6. The molecule has 10 heteroatoms. The molecule has 1 N–H and O–H groups in total. The minimum atomic E-state index is -1.08. The van der Waals surface area contributed by atoms with Crippen molar-refractivity contribution in [3.05, 3.63) is 89.2 Å². The molecule has 0 bridgehead atoms. The summed E-state index contributed by atoms with van der Waals surface area (Å²) >= 11 is 0. The summed E-state index contributed by atoms with van der Waals surface area (Å²) in [6.45, 7) is 0. The maximum absolute atomic E-state index is 15.1. The Labute approximate surface area is 228 Å². The summed E-state index contributed by atoms with van der Waals surface area (Å²) in [5.74, 6) is -1.79. The van der Waals surface area contributed by atoms with Crippen LogP contribution in [0.5, 0.6) is 17.2 Å². The van der Waals surface area contributed by atoms with Crippen molar-refractivity contribution in [2.24, 2.45) is 5.41 Å². The summed E-state index contributed by atoms with van der Waals surface area (Å²) in [6, 6.07) is 12.8. The molecule has 2 aromatic carbocycles. The molecule has 1 fully saturated rings. The summed E-state index contributed by atoms with van der Waals surface area (Å²) in [5, 5.41) is 2.49. The number of nitrogens with zero attached hydrogens (tertiary/aromatic N) is 2. The molecule has 1 aliphatic rings. The Bertz CT molecular complexity index is 1630. The molecule has 1 aliphatic carbocycles. The van der Waals surface area contributed by atoms with E-state index in [1.165, 1.54) is 68.9 Å². The Balaban J connectivity index is 1.33. The smallest absolute Gasteiger partial charge is 0.273 e. The second-order valence-electron chi connectivity index (χ2n) is 9.57. The van der Waals surface area contributed by atoms with Crippen LogP contribution in [-0.2, 0) is 22.4 Å². The van der Waals surface area contributed by atoms with E-state index >= 15 is 4.39 Å². The van der Waals surface area contributed by atoms with Crippen LogP contribution in [0, 0.1) is 17.0 Å². The van der Waals surface area contributed by atoms with E-state index < -0.39 is 23.0 Å². The van der Waals surface area contributed by atoms with Crippen molar-refractivity contribution in [3.8, 4) is 17.2 Å². The van der Waals surface area contributed by atoms with Gasteiger partial charge in [-0.25, -0.2) is 13.8 Å². The van der Waals surface area contributed by atoms with Crippen LogP contribution >= 0.6 is 0 Å². The summed E-state index contributed by atoms with van der Waals surface area (Å²) in [7, 11) is 2.87. The third-order valence-corrected chi connectivity index (χ3v) is 6.98. The number of amides is 1. The maximum atomic E-state index is 15.1. The van der Waals surface area contributed by atoms with E-state index in [0.29, 0.717) is 29.5 Å². The molecule has 1 amide bonds. The third-order valence-electron chi connectivity index (χ3n) is 6.98. The Morgan fingerprint density at radius 1 is 0.900 bits per heavy atom. The number of halogens is 2. The fraction of sp³-hybridized carbons (Fsp3) is 0.233. The number of ether oxygens (including phenoxy) is 2. The Morgan fingerprint density at radius 2 is 1.57 bits per heavy atom. The first kappa shape index (κ1) is 26.9. The highest BCUT2D eigenvalue weighted by atomic mass is 19.1. The number of ketones is 2. The topological polar surface area (TPSA) is 107 Å². The Hall–Kier alpha value is -4.73. The molecule has 40 heavy (non-hydrogen) atoms. The number of benzene rings is 2. The molecule has 0 atom stereocenters. The van der Waals surface area contributed by atoms with Crippen LogP contribution in [-0.4, -0.2) is 41.6 Å². The van der Waals surface area contributed by atoms with E-state index in [2.05, 4.69) is 15.3 Å². The van der Waals surface area contributed by atoms with Crippen LogP contribution in [0.3, 0.4) is 0 Å². The number of Topliss-reactive ketones (excluding diaryl/α,β-unsaturated/α-hetero) is 2. The number of hydrogen-bond donors (Lipinski definition) is 1. The quantitative estimate of drug-likeness (QED) is 0.286. The van der Waals surface area contributed by atoms with E-state index in [1.54, 1.807) is 6.07 Å². The van der Waals surface area contributed by atoms with E-state index in [0.717, 1.165) is 0 Å². The van der Waals surface area contributed by atoms with Gasteiger partial charge < -0.3 is 14.8 Å². The summed E-state index contributed by atoms with van der Waals surface area (Å²) in [5.41, 5.74) is 0.593. The standard InChI is InChI=1S/C30H25F2N3O5/c1-33-29(38)28-24(39-2)16-21-27(35-28)23(9-12-34-21)40-22-8-5-18(13-20(22)32)15-26(37)30(10-11-30)25(36)14-17-3-6-19(31)7-4-17/h3-9,12-13,16H,10-11,14-15H2,1-2H3,(H,33,38). The zero-order valence-electron chi connectivity index (χ0n) is 21.8. The number of hydrogen-bond acceptors (Lipinski definition) is 7. The van der Waals surface area contributed by atoms with Gasteiger partial charge in [0.1, 0.15) is 11.3 Å². The van der Waals surface area contributed by atoms with Gasteiger partial charge in [0.15, 0.2) is 40.3 Å². The summed E-state index contributed by atoms with van der Waals surface area (Å²) in [4.78, 5) is 46.8. The van der Waals surface area contributed by atoms with Gasteiger partial charge in [-0.1, -0.05) is 18.2 Å². The van der Waals surface area contributed by atoms with E-state index in [9.17, 15) is 18.8 Å². The van der Waals surface area contributed by atoms with Crippen molar-refractivity contribution in [1.29, 1.82) is 0 Å². The van der Waals surface area contributed by atoms with Crippen LogP contribution < -0.4 is 14.8 Å². The van der Waals surface area contributed by atoms with Crippen molar-refractivity contribution in [2.75, 3.05) is 14.2 Å². The highest BCUT2D eigenvalue weighted by Gasteiger charge is 2.54. The average molecular weight is 546 g/mol. The number of rotatable bonds is 10. The second-order valence-corrected chi connectivity index (χ2v) is 9.57. The zero-order valence-corrected chi connectivity index (χ0v) is 21.8. The zero-order chi connectivity index (χ0) is 28.4. The van der Waals surface area contributed by atoms with Gasteiger partial charge >= 0.3 is 0 Å². The van der Waals surface area contributed by atoms with Crippen molar-refractivity contribution < 1.29 is 32.6 Å². The number of carbonyl (C=O) groups is 3. The van der Waals surface area contributed by atoms with E-state index in [4.69, 9.17) is 9.47 Å². The molecule has 0 saturated heterocycles. The maximum Gasteiger partial charge on any atom is 0.273 e. The lowest BCUT2D eigenvalue weighted by atomic mass is 9.88. The molecule has 5 rings (SSSR count). The molecule has 204 valence electrons. The lowest BCUT2D eigenvalue weighted by molar-refractivity contribution is -0.133. The first-order valence-corrected chi connectivity index (χ1v) is 12.6. The highest BCUT2D eigenvalue weighted by Crippen LogP contribution is 2.49. The minimum Gasteiger partial charge on any atom is -0.494 e. The third kappa shape index (κ3) is 5.25. The second kappa shape index (κ2) is 10.8. The van der Waals surface area contributed by atoms with Gasteiger partial charge in [-0.05, 0) is 48.2 Å². The van der Waals surface area contributed by atoms with Gasteiger partial charge in [0, 0.05) is 38.2 Å². The normalized spacial score (nSPS) is 13.5. The fourth-order valence-electron chi connectivity index (χ4n) is 4.55. The Morgan fingerprint density at radius 3 is 2.20 bits per heavy atom. The predicted molar refractivity (Wildman–Crippen MR) is 141 cm³/mol. The number of pyridine rings is 2. The van der Waals surface area contributed by atoms with Crippen molar-refractivity contribution in [3.63, 3.8) is 0 Å². The van der Waals surface area contributed by atoms with Crippen LogP contribution in [0.4, 0.5) is 8.78 Å². The summed E-state index contributed by atoms with van der Waals surface area (Å²) < 4.78 is 39.3. The number of fused-ring (bicyclic) bond motifs is 1. The minimum absolute atomic E-state index is 0.0210. The van der Waals surface area contributed by atoms with Crippen molar-refractivity contribution in [2.45, 2.75) is 25.7 Å². The average Bonchev–Trinajstić information content (AvgIpc) is 3.77. The monoisotopic (exact) mass is 545 g/mol. The highest BCUT2D eigenvalue weighted by molar-refractivity contribution is 6.11. The number of aromatic nitrogens is 2. The molecule has 2 heterocycles. The predicted octanol–water partition coefficient (Wildman–Crippen LogP) is 4.77. The molecule has 2 aromatic heterocycles. The summed E-state index contributed by atoms with van der Waals surface area (Å²) in [6.07, 6.45) is 2.28. The van der Waals surface area contributed by atoms with Crippen LogP contribution in [0.2, 0.25) is 0 Å².